The van der Waals surface area contributed by atoms with Gasteiger partial charge in [-0.3, -0.25) is 0 Å². The number of aryl methyl sites for hydroxylation is 1. The molecule has 0 amide bonds. The predicted molar refractivity (Wildman–Crippen MR) is 75.6 cm³/mol. The van der Waals surface area contributed by atoms with Crippen molar-refractivity contribution in [2.75, 3.05) is 5.73 Å². The Hall–Kier alpha value is -1.51. The number of rotatable bonds is 4. The summed E-state index contributed by atoms with van der Waals surface area (Å²) in [5.41, 5.74) is 8.38. The van der Waals surface area contributed by atoms with Gasteiger partial charge in [-0.25, -0.2) is 0 Å². The maximum absolute atomic E-state index is 10.1. The summed E-state index contributed by atoms with van der Waals surface area (Å²) in [4.78, 5) is 0. The van der Waals surface area contributed by atoms with Crippen molar-refractivity contribution in [1.82, 2.24) is 0 Å². The topological polar surface area (TPSA) is 46.2 Å². The van der Waals surface area contributed by atoms with E-state index in [1.165, 1.54) is 0 Å². The molecule has 94 valence electrons. The number of halogens is 1. The molecule has 18 heavy (non-hydrogen) atoms. The third-order valence-electron chi connectivity index (χ3n) is 2.95. The molecule has 1 atom stereocenters. The van der Waals surface area contributed by atoms with Crippen molar-refractivity contribution in [2.45, 2.75) is 18.9 Å². The third kappa shape index (κ3) is 3.25. The van der Waals surface area contributed by atoms with Gasteiger partial charge in [0.25, 0.3) is 0 Å². The van der Waals surface area contributed by atoms with Crippen LogP contribution in [0.5, 0.6) is 0 Å². The second-order valence-electron chi connectivity index (χ2n) is 4.31. The zero-order chi connectivity index (χ0) is 13.0. The van der Waals surface area contributed by atoms with Crippen LogP contribution in [-0.2, 0) is 6.42 Å². The summed E-state index contributed by atoms with van der Waals surface area (Å²) in [7, 11) is 0. The molecule has 0 unspecified atom stereocenters. The summed E-state index contributed by atoms with van der Waals surface area (Å²) in [5.74, 6) is 0. The minimum absolute atomic E-state index is 0.537. The van der Waals surface area contributed by atoms with Crippen LogP contribution in [0.15, 0.2) is 48.5 Å². The first-order valence-corrected chi connectivity index (χ1v) is 6.31. The highest BCUT2D eigenvalue weighted by atomic mass is 35.5. The second-order valence-corrected chi connectivity index (χ2v) is 4.75. The summed E-state index contributed by atoms with van der Waals surface area (Å²) >= 11 is 5.92. The van der Waals surface area contributed by atoms with Gasteiger partial charge in [0, 0.05) is 16.3 Å². The monoisotopic (exact) mass is 261 g/mol. The number of hydrogen-bond acceptors (Lipinski definition) is 2. The Morgan fingerprint density at radius 2 is 1.89 bits per heavy atom. The van der Waals surface area contributed by atoms with Crippen molar-refractivity contribution >= 4 is 17.3 Å². The van der Waals surface area contributed by atoms with Crippen molar-refractivity contribution in [3.05, 3.63) is 64.7 Å². The number of anilines is 1. The van der Waals surface area contributed by atoms with E-state index in [1.807, 2.05) is 42.5 Å². The lowest BCUT2D eigenvalue weighted by molar-refractivity contribution is 0.168. The van der Waals surface area contributed by atoms with Crippen LogP contribution in [0.2, 0.25) is 5.02 Å². The number of aliphatic hydroxyl groups is 1. The molecule has 0 radical (unpaired) electrons. The Morgan fingerprint density at radius 3 is 2.61 bits per heavy atom. The molecule has 2 nitrogen and oxygen atoms in total. The molecule has 0 bridgehead atoms. The first-order chi connectivity index (χ1) is 8.66. The van der Waals surface area contributed by atoms with Gasteiger partial charge in [0.1, 0.15) is 0 Å². The van der Waals surface area contributed by atoms with Crippen LogP contribution < -0.4 is 5.73 Å². The molecular weight excluding hydrogens is 246 g/mol. The Labute approximate surface area is 112 Å². The molecule has 2 aromatic carbocycles. The van der Waals surface area contributed by atoms with Crippen LogP contribution in [0.4, 0.5) is 5.69 Å². The van der Waals surface area contributed by atoms with E-state index in [1.54, 1.807) is 6.07 Å². The lowest BCUT2D eigenvalue weighted by atomic mass is 10.0. The van der Waals surface area contributed by atoms with E-state index >= 15 is 0 Å². The normalized spacial score (nSPS) is 12.3. The highest BCUT2D eigenvalue weighted by Gasteiger charge is 2.10. The first-order valence-electron chi connectivity index (χ1n) is 5.94. The summed E-state index contributed by atoms with van der Waals surface area (Å²) in [6.45, 7) is 0. The maximum atomic E-state index is 10.1. The van der Waals surface area contributed by atoms with E-state index in [2.05, 4.69) is 0 Å². The minimum Gasteiger partial charge on any atom is -0.398 e. The van der Waals surface area contributed by atoms with E-state index in [4.69, 9.17) is 17.3 Å². The quantitative estimate of drug-likeness (QED) is 0.827. The number of hydrogen-bond donors (Lipinski definition) is 2. The van der Waals surface area contributed by atoms with Gasteiger partial charge in [-0.1, -0.05) is 41.9 Å². The molecule has 2 rings (SSSR count). The molecule has 3 heteroatoms. The second kappa shape index (κ2) is 5.89. The lowest BCUT2D eigenvalue weighted by Crippen LogP contribution is -2.03. The average Bonchev–Trinajstić information content (AvgIpc) is 2.37. The number of nitrogens with two attached hydrogens (primary N) is 1. The molecule has 0 aromatic heterocycles. The van der Waals surface area contributed by atoms with Crippen LogP contribution in [-0.4, -0.2) is 5.11 Å². The van der Waals surface area contributed by atoms with Crippen molar-refractivity contribution in [3.8, 4) is 0 Å². The minimum atomic E-state index is -0.537. The van der Waals surface area contributed by atoms with Crippen LogP contribution in [0.3, 0.4) is 0 Å². The molecule has 0 fully saturated rings. The van der Waals surface area contributed by atoms with Gasteiger partial charge >= 0.3 is 0 Å². The molecule has 0 aliphatic rings. The third-order valence-corrected chi connectivity index (χ3v) is 3.19. The Kier molecular flexibility index (Phi) is 4.24. The summed E-state index contributed by atoms with van der Waals surface area (Å²) < 4.78 is 0. The van der Waals surface area contributed by atoms with Crippen LogP contribution in [0.1, 0.15) is 23.7 Å². The number of aliphatic hydroxyl groups excluding tert-OH is 1. The molecule has 2 aromatic rings. The van der Waals surface area contributed by atoms with Crippen LogP contribution >= 0.6 is 11.6 Å². The van der Waals surface area contributed by atoms with Crippen LogP contribution in [0, 0.1) is 0 Å². The fourth-order valence-corrected chi connectivity index (χ4v) is 2.18. The lowest BCUT2D eigenvalue weighted by Gasteiger charge is -2.13. The van der Waals surface area contributed by atoms with Gasteiger partial charge in [-0.2, -0.15) is 0 Å². The van der Waals surface area contributed by atoms with E-state index in [-0.39, 0.29) is 0 Å². The van der Waals surface area contributed by atoms with E-state index in [9.17, 15) is 5.11 Å². The van der Waals surface area contributed by atoms with Gasteiger partial charge in [0.05, 0.1) is 6.10 Å². The number of nitrogen functional groups attached to an aromatic ring is 1. The molecule has 0 heterocycles. The SMILES string of the molecule is Nc1ccccc1[C@H](O)CCc1cccc(Cl)c1. The predicted octanol–water partition coefficient (Wildman–Crippen LogP) is 3.59. The molecular formula is C15H16ClNO. The highest BCUT2D eigenvalue weighted by Crippen LogP contribution is 2.24. The molecule has 0 spiro atoms. The largest absolute Gasteiger partial charge is 0.398 e. The van der Waals surface area contributed by atoms with Crippen molar-refractivity contribution < 1.29 is 5.11 Å². The zero-order valence-corrected chi connectivity index (χ0v) is 10.8. The smallest absolute Gasteiger partial charge is 0.0813 e. The van der Waals surface area contributed by atoms with Crippen molar-refractivity contribution in [2.24, 2.45) is 0 Å². The zero-order valence-electron chi connectivity index (χ0n) is 10.0. The van der Waals surface area contributed by atoms with Gasteiger partial charge in [0.2, 0.25) is 0 Å². The Bertz CT molecular complexity index is 527. The maximum Gasteiger partial charge on any atom is 0.0813 e. The van der Waals surface area contributed by atoms with Gasteiger partial charge in [0.15, 0.2) is 0 Å². The van der Waals surface area contributed by atoms with E-state index in [0.717, 1.165) is 22.6 Å². The highest BCUT2D eigenvalue weighted by molar-refractivity contribution is 6.30. The van der Waals surface area contributed by atoms with Gasteiger partial charge < -0.3 is 10.8 Å². The summed E-state index contributed by atoms with van der Waals surface area (Å²) in [6.07, 6.45) is 0.870. The van der Waals surface area contributed by atoms with Gasteiger partial charge in [-0.15, -0.1) is 0 Å². The number of benzene rings is 2. The van der Waals surface area contributed by atoms with E-state index in [0.29, 0.717) is 12.1 Å². The first kappa shape index (κ1) is 12.9. The fraction of sp³-hybridized carbons (Fsp3) is 0.200. The molecule has 0 saturated heterocycles. The van der Waals surface area contributed by atoms with Gasteiger partial charge in [-0.05, 0) is 36.6 Å². The molecule has 0 aliphatic heterocycles. The average molecular weight is 262 g/mol. The van der Waals surface area contributed by atoms with Crippen molar-refractivity contribution in [3.63, 3.8) is 0 Å². The van der Waals surface area contributed by atoms with Crippen LogP contribution in [0.25, 0.3) is 0 Å². The fourth-order valence-electron chi connectivity index (χ4n) is 1.97. The Balaban J connectivity index is 2.00. The Morgan fingerprint density at radius 1 is 1.11 bits per heavy atom. The van der Waals surface area contributed by atoms with E-state index < -0.39 is 6.10 Å². The van der Waals surface area contributed by atoms with Crippen molar-refractivity contribution in [1.29, 1.82) is 0 Å². The number of para-hydroxylation sites is 1. The summed E-state index contributed by atoms with van der Waals surface area (Å²) in [6, 6.07) is 15.1. The standard InChI is InChI=1S/C15H16ClNO/c16-12-5-3-4-11(10-12)8-9-15(18)13-6-1-2-7-14(13)17/h1-7,10,15,18H,8-9,17H2/t15-/m1/s1. The molecule has 0 aliphatic carbocycles. The molecule has 0 saturated carbocycles. The summed E-state index contributed by atoms with van der Waals surface area (Å²) in [5, 5.41) is 10.8. The molecule has 3 N–H and O–H groups in total.